The van der Waals surface area contributed by atoms with Crippen LogP contribution in [0.4, 0.5) is 0 Å². The van der Waals surface area contributed by atoms with Gasteiger partial charge in [-0.15, -0.1) is 0 Å². The maximum Gasteiger partial charge on any atom is 0.152 e. The van der Waals surface area contributed by atoms with E-state index in [2.05, 4.69) is 20.8 Å². The van der Waals surface area contributed by atoms with Crippen LogP contribution in [-0.4, -0.2) is 11.3 Å². The summed E-state index contributed by atoms with van der Waals surface area (Å²) in [6.45, 7) is 6.47. The van der Waals surface area contributed by atoms with Gasteiger partial charge in [0.1, 0.15) is 0 Å². The highest BCUT2D eigenvalue weighted by molar-refractivity contribution is 5.88. The standard InChI is InChI=1S/C13H25NO/c1-4-10(2)8-12(15)13(14)7-5-6-11(3)9-13/h10-11H,4-9,14H2,1-3H3. The van der Waals surface area contributed by atoms with Crippen LogP contribution in [0, 0.1) is 11.8 Å². The summed E-state index contributed by atoms with van der Waals surface area (Å²) in [4.78, 5) is 12.1. The van der Waals surface area contributed by atoms with Crippen molar-refractivity contribution in [1.29, 1.82) is 0 Å². The van der Waals surface area contributed by atoms with E-state index in [1.54, 1.807) is 0 Å². The molecule has 0 heterocycles. The highest BCUT2D eigenvalue weighted by Gasteiger charge is 2.37. The molecule has 2 nitrogen and oxygen atoms in total. The summed E-state index contributed by atoms with van der Waals surface area (Å²) in [7, 11) is 0. The second-order valence-electron chi connectivity index (χ2n) is 5.50. The van der Waals surface area contributed by atoms with Crippen LogP contribution in [0.15, 0.2) is 0 Å². The molecule has 0 saturated heterocycles. The summed E-state index contributed by atoms with van der Waals surface area (Å²) < 4.78 is 0. The van der Waals surface area contributed by atoms with Crippen molar-refractivity contribution in [3.63, 3.8) is 0 Å². The highest BCUT2D eigenvalue weighted by atomic mass is 16.1. The second kappa shape index (κ2) is 5.11. The molecule has 0 amide bonds. The molecule has 3 unspecified atom stereocenters. The van der Waals surface area contributed by atoms with Gasteiger partial charge in [-0.25, -0.2) is 0 Å². The summed E-state index contributed by atoms with van der Waals surface area (Å²) >= 11 is 0. The molecule has 1 fully saturated rings. The Morgan fingerprint density at radius 2 is 2.27 bits per heavy atom. The number of hydrogen-bond acceptors (Lipinski definition) is 2. The van der Waals surface area contributed by atoms with Gasteiger partial charge in [0.15, 0.2) is 5.78 Å². The van der Waals surface area contributed by atoms with E-state index < -0.39 is 5.54 Å². The van der Waals surface area contributed by atoms with Crippen molar-refractivity contribution < 1.29 is 4.79 Å². The lowest BCUT2D eigenvalue weighted by atomic mass is 9.73. The van der Waals surface area contributed by atoms with Crippen molar-refractivity contribution in [3.8, 4) is 0 Å². The smallest absolute Gasteiger partial charge is 0.152 e. The molecule has 0 bridgehead atoms. The SMILES string of the molecule is CCC(C)CC(=O)C1(N)CCCC(C)C1. The van der Waals surface area contributed by atoms with E-state index in [0.29, 0.717) is 24.0 Å². The van der Waals surface area contributed by atoms with Crippen LogP contribution in [0.2, 0.25) is 0 Å². The van der Waals surface area contributed by atoms with Crippen molar-refractivity contribution >= 4 is 5.78 Å². The normalized spacial score (nSPS) is 33.7. The summed E-state index contributed by atoms with van der Waals surface area (Å²) in [5, 5.41) is 0. The topological polar surface area (TPSA) is 43.1 Å². The zero-order valence-electron chi connectivity index (χ0n) is 10.4. The molecule has 0 radical (unpaired) electrons. The number of rotatable bonds is 4. The van der Waals surface area contributed by atoms with Gasteiger partial charge in [-0.1, -0.05) is 40.0 Å². The fraction of sp³-hybridized carbons (Fsp3) is 0.923. The lowest BCUT2D eigenvalue weighted by Gasteiger charge is -2.36. The third-order valence-corrected chi connectivity index (χ3v) is 3.82. The van der Waals surface area contributed by atoms with Gasteiger partial charge in [0.05, 0.1) is 5.54 Å². The first-order valence-corrected chi connectivity index (χ1v) is 6.30. The predicted molar refractivity (Wildman–Crippen MR) is 63.6 cm³/mol. The number of hydrogen-bond donors (Lipinski definition) is 1. The summed E-state index contributed by atoms with van der Waals surface area (Å²) in [5.74, 6) is 1.39. The molecule has 88 valence electrons. The Morgan fingerprint density at radius 1 is 1.60 bits per heavy atom. The maximum atomic E-state index is 12.1. The Kier molecular flexibility index (Phi) is 4.32. The van der Waals surface area contributed by atoms with Gasteiger partial charge in [-0.05, 0) is 24.7 Å². The first kappa shape index (κ1) is 12.7. The minimum Gasteiger partial charge on any atom is -0.319 e. The molecular weight excluding hydrogens is 186 g/mol. The summed E-state index contributed by atoms with van der Waals surface area (Å²) in [6.07, 6.45) is 5.87. The molecular formula is C13H25NO. The maximum absolute atomic E-state index is 12.1. The Bertz CT molecular complexity index is 227. The highest BCUT2D eigenvalue weighted by Crippen LogP contribution is 2.32. The van der Waals surface area contributed by atoms with Gasteiger partial charge in [-0.2, -0.15) is 0 Å². The van der Waals surface area contributed by atoms with Gasteiger partial charge in [-0.3, -0.25) is 4.79 Å². The van der Waals surface area contributed by atoms with Gasteiger partial charge >= 0.3 is 0 Å². The molecule has 1 aliphatic rings. The molecule has 2 N–H and O–H groups in total. The van der Waals surface area contributed by atoms with Crippen LogP contribution in [0.1, 0.15) is 59.3 Å². The molecule has 3 atom stereocenters. The van der Waals surface area contributed by atoms with Gasteiger partial charge < -0.3 is 5.73 Å². The Morgan fingerprint density at radius 3 is 2.80 bits per heavy atom. The Balaban J connectivity index is 2.56. The van der Waals surface area contributed by atoms with Crippen molar-refractivity contribution in [2.75, 3.05) is 0 Å². The van der Waals surface area contributed by atoms with Crippen LogP contribution in [0.3, 0.4) is 0 Å². The van der Waals surface area contributed by atoms with E-state index in [0.717, 1.165) is 25.7 Å². The quantitative estimate of drug-likeness (QED) is 0.777. The minimum atomic E-state index is -0.499. The molecule has 0 aromatic heterocycles. The molecule has 0 aromatic carbocycles. The molecule has 2 heteroatoms. The summed E-state index contributed by atoms with van der Waals surface area (Å²) in [5.41, 5.74) is 5.75. The lowest BCUT2D eigenvalue weighted by Crippen LogP contribution is -2.51. The molecule has 0 spiro atoms. The third-order valence-electron chi connectivity index (χ3n) is 3.82. The predicted octanol–water partition coefficient (Wildman–Crippen LogP) is 2.90. The number of Topliss-reactive ketones (excluding diaryl/α,β-unsaturated/α-hetero) is 1. The van der Waals surface area contributed by atoms with E-state index in [4.69, 9.17) is 5.73 Å². The van der Waals surface area contributed by atoms with Crippen molar-refractivity contribution in [1.82, 2.24) is 0 Å². The molecule has 15 heavy (non-hydrogen) atoms. The van der Waals surface area contributed by atoms with Crippen molar-refractivity contribution in [2.24, 2.45) is 17.6 Å². The van der Waals surface area contributed by atoms with Crippen molar-refractivity contribution in [2.45, 2.75) is 64.8 Å². The van der Waals surface area contributed by atoms with Crippen molar-refractivity contribution in [3.05, 3.63) is 0 Å². The van der Waals surface area contributed by atoms with Gasteiger partial charge in [0, 0.05) is 6.42 Å². The van der Waals surface area contributed by atoms with E-state index in [1.165, 1.54) is 6.42 Å². The first-order chi connectivity index (χ1) is 6.98. The Hall–Kier alpha value is -0.370. The lowest BCUT2D eigenvalue weighted by molar-refractivity contribution is -0.126. The van der Waals surface area contributed by atoms with Crippen LogP contribution in [0.5, 0.6) is 0 Å². The van der Waals surface area contributed by atoms with E-state index >= 15 is 0 Å². The van der Waals surface area contributed by atoms with Crippen LogP contribution in [0.25, 0.3) is 0 Å². The zero-order valence-corrected chi connectivity index (χ0v) is 10.4. The number of carbonyl (C=O) groups excluding carboxylic acids is 1. The summed E-state index contributed by atoms with van der Waals surface area (Å²) in [6, 6.07) is 0. The first-order valence-electron chi connectivity index (χ1n) is 6.30. The van der Waals surface area contributed by atoms with Crippen LogP contribution < -0.4 is 5.73 Å². The fourth-order valence-electron chi connectivity index (χ4n) is 2.51. The minimum absolute atomic E-state index is 0.295. The molecule has 0 aromatic rings. The van der Waals surface area contributed by atoms with E-state index in [9.17, 15) is 4.79 Å². The largest absolute Gasteiger partial charge is 0.319 e. The third kappa shape index (κ3) is 3.30. The molecule has 1 rings (SSSR count). The van der Waals surface area contributed by atoms with E-state index in [-0.39, 0.29) is 0 Å². The van der Waals surface area contributed by atoms with Crippen LogP contribution in [-0.2, 0) is 4.79 Å². The molecule has 0 aliphatic heterocycles. The number of carbonyl (C=O) groups is 1. The fourth-order valence-corrected chi connectivity index (χ4v) is 2.51. The molecule has 1 saturated carbocycles. The number of nitrogens with two attached hydrogens (primary N) is 1. The second-order valence-corrected chi connectivity index (χ2v) is 5.50. The molecule has 1 aliphatic carbocycles. The van der Waals surface area contributed by atoms with E-state index in [1.807, 2.05) is 0 Å². The zero-order chi connectivity index (χ0) is 11.5. The number of ketones is 1. The van der Waals surface area contributed by atoms with Gasteiger partial charge in [0.25, 0.3) is 0 Å². The average molecular weight is 211 g/mol. The monoisotopic (exact) mass is 211 g/mol. The van der Waals surface area contributed by atoms with Crippen LogP contribution >= 0.6 is 0 Å². The average Bonchev–Trinajstić information content (AvgIpc) is 2.17. The Labute approximate surface area is 93.6 Å². The van der Waals surface area contributed by atoms with Gasteiger partial charge in [0.2, 0.25) is 0 Å².